The number of aliphatic imine (C=N–C) groups is 1. The van der Waals surface area contributed by atoms with E-state index in [9.17, 15) is 14.4 Å². The van der Waals surface area contributed by atoms with Crippen LogP contribution in [0.25, 0.3) is 0 Å². The smallest absolute Gasteiger partial charge is 0.343 e. The van der Waals surface area contributed by atoms with E-state index in [1.165, 1.54) is 57.8 Å². The van der Waals surface area contributed by atoms with Crippen LogP contribution in [0, 0.1) is 11.3 Å². The fraction of sp³-hybridized carbons (Fsp3) is 0.299. The highest BCUT2D eigenvalue weighted by atomic mass is 16.5. The molecule has 0 spiro atoms. The van der Waals surface area contributed by atoms with Gasteiger partial charge in [-0.2, -0.15) is 15.5 Å². The number of ether oxygens (including phenoxy) is 6. The van der Waals surface area contributed by atoms with Crippen molar-refractivity contribution in [2.45, 2.75) is 110 Å². The van der Waals surface area contributed by atoms with Crippen LogP contribution in [0.2, 0.25) is 0 Å². The fourth-order valence-corrected chi connectivity index (χ4v) is 8.33. The summed E-state index contributed by atoms with van der Waals surface area (Å²) in [6.45, 7) is 4.13. The molecule has 7 aromatic carbocycles. The first kappa shape index (κ1) is 58.8. The Balaban J connectivity index is 0.700. The lowest BCUT2D eigenvalue weighted by molar-refractivity contribution is 0.0725. The maximum atomic E-state index is 12.9. The molecule has 7 aromatic rings. The Hall–Kier alpha value is -8.89. The van der Waals surface area contributed by atoms with Crippen LogP contribution < -0.4 is 28.4 Å². The largest absolute Gasteiger partial charge is 0.494 e. The van der Waals surface area contributed by atoms with Gasteiger partial charge in [0.05, 0.1) is 65.2 Å². The Kier molecular flexibility index (Phi) is 24.6. The predicted octanol–water partition coefficient (Wildman–Crippen LogP) is 17.5. The second kappa shape index (κ2) is 33.4. The summed E-state index contributed by atoms with van der Waals surface area (Å²) in [4.78, 5) is 43.1. The number of azo groups is 1. The average Bonchev–Trinajstić information content (AvgIpc) is 3.50. The van der Waals surface area contributed by atoms with Gasteiger partial charge in [0.1, 0.15) is 34.5 Å². The third-order valence-corrected chi connectivity index (χ3v) is 12.9. The quantitative estimate of drug-likeness (QED) is 0.0127. The number of nitrogens with zero attached hydrogens (tertiary/aromatic N) is 4. The summed E-state index contributed by atoms with van der Waals surface area (Å²) in [5.41, 5.74) is 4.24. The number of carbonyl (C=O) groups is 3. The van der Waals surface area contributed by atoms with Gasteiger partial charge in [-0.05, 0) is 189 Å². The van der Waals surface area contributed by atoms with E-state index >= 15 is 0 Å². The standard InChI is InChI=1S/C67H70N4O9/c1-2-3-4-5-6-7-8-9-12-15-45-75-60-37-27-54(28-38-60)66(73)79-64-43-41-61(42-44-64)77-47-17-14-11-10-13-16-46-76-59-35-25-53(26-36-59)65(72)78-62-33-23-52(24-34-62)50-69-58-20-18-19-55(48-58)67(74)80-63-39-31-57(32-40-63)71-70-56-29-21-51(49-68)22-30-56/h18-44,48,50H,2-17,45-47H2,1H3. The van der Waals surface area contributed by atoms with Gasteiger partial charge in [0, 0.05) is 6.21 Å². The van der Waals surface area contributed by atoms with E-state index in [2.05, 4.69) is 28.2 Å². The molecule has 412 valence electrons. The third kappa shape index (κ3) is 21.2. The van der Waals surface area contributed by atoms with Crippen molar-refractivity contribution in [2.75, 3.05) is 19.8 Å². The summed E-state index contributed by atoms with van der Waals surface area (Å²) < 4.78 is 34.5. The van der Waals surface area contributed by atoms with E-state index in [1.807, 2.05) is 24.3 Å². The number of esters is 3. The lowest BCUT2D eigenvalue weighted by atomic mass is 10.1. The van der Waals surface area contributed by atoms with Crippen molar-refractivity contribution in [3.63, 3.8) is 0 Å². The minimum Gasteiger partial charge on any atom is -0.494 e. The summed E-state index contributed by atoms with van der Waals surface area (Å²) >= 11 is 0. The Morgan fingerprint density at radius 1 is 0.400 bits per heavy atom. The summed E-state index contributed by atoms with van der Waals surface area (Å²) in [6, 6.07) is 50.4. The number of rotatable bonds is 33. The molecule has 13 heteroatoms. The van der Waals surface area contributed by atoms with Crippen molar-refractivity contribution < 1.29 is 42.8 Å². The van der Waals surface area contributed by atoms with Crippen LogP contribution in [-0.4, -0.2) is 43.9 Å². The van der Waals surface area contributed by atoms with Crippen molar-refractivity contribution in [3.8, 4) is 40.6 Å². The molecule has 0 aliphatic rings. The Morgan fingerprint density at radius 3 is 1.20 bits per heavy atom. The minimum absolute atomic E-state index is 0.329. The lowest BCUT2D eigenvalue weighted by Crippen LogP contribution is -2.08. The molecule has 0 heterocycles. The second-order valence-corrected chi connectivity index (χ2v) is 19.3. The number of hydrogen-bond donors (Lipinski definition) is 0. The molecule has 0 aliphatic heterocycles. The molecule has 0 bridgehead atoms. The van der Waals surface area contributed by atoms with Gasteiger partial charge >= 0.3 is 17.9 Å². The molecule has 7 rings (SSSR count). The van der Waals surface area contributed by atoms with Gasteiger partial charge in [-0.15, -0.1) is 0 Å². The fourth-order valence-electron chi connectivity index (χ4n) is 8.33. The molecule has 13 nitrogen and oxygen atoms in total. The molecule has 0 atom stereocenters. The first-order chi connectivity index (χ1) is 39.3. The molecule has 0 fully saturated rings. The first-order valence-electron chi connectivity index (χ1n) is 27.9. The van der Waals surface area contributed by atoms with E-state index in [1.54, 1.807) is 152 Å². The molecular formula is C67H70N4O9. The zero-order chi connectivity index (χ0) is 55.8. The maximum absolute atomic E-state index is 12.9. The van der Waals surface area contributed by atoms with E-state index in [0.29, 0.717) is 82.1 Å². The second-order valence-electron chi connectivity index (χ2n) is 19.3. The van der Waals surface area contributed by atoms with Crippen LogP contribution >= 0.6 is 0 Å². The maximum Gasteiger partial charge on any atom is 0.343 e. The topological polar surface area (TPSA) is 167 Å². The van der Waals surface area contributed by atoms with Gasteiger partial charge in [0.25, 0.3) is 0 Å². The number of unbranched alkanes of at least 4 members (excludes halogenated alkanes) is 14. The summed E-state index contributed by atoms with van der Waals surface area (Å²) in [6.07, 6.45) is 20.7. The first-order valence-corrected chi connectivity index (χ1v) is 27.9. The number of nitriles is 1. The Bertz CT molecular complexity index is 3080. The molecule has 0 radical (unpaired) electrons. The summed E-state index contributed by atoms with van der Waals surface area (Å²) in [5, 5.41) is 17.3. The van der Waals surface area contributed by atoms with Gasteiger partial charge in [-0.25, -0.2) is 14.4 Å². The third-order valence-electron chi connectivity index (χ3n) is 12.9. The molecule has 0 saturated carbocycles. The van der Waals surface area contributed by atoms with Gasteiger partial charge in [-0.3, -0.25) is 4.99 Å². The number of carbonyl (C=O) groups excluding carboxylic acids is 3. The van der Waals surface area contributed by atoms with Gasteiger partial charge in [0.2, 0.25) is 0 Å². The van der Waals surface area contributed by atoms with Crippen LogP contribution in [0.15, 0.2) is 185 Å². The highest BCUT2D eigenvalue weighted by Gasteiger charge is 2.13. The Labute approximate surface area is 470 Å². The van der Waals surface area contributed by atoms with Crippen molar-refractivity contribution in [3.05, 3.63) is 198 Å². The summed E-state index contributed by atoms with van der Waals surface area (Å²) in [7, 11) is 0. The van der Waals surface area contributed by atoms with Crippen molar-refractivity contribution in [1.82, 2.24) is 0 Å². The predicted molar refractivity (Wildman–Crippen MR) is 312 cm³/mol. The highest BCUT2D eigenvalue weighted by molar-refractivity contribution is 5.93. The average molecular weight is 1080 g/mol. The van der Waals surface area contributed by atoms with E-state index < -0.39 is 17.9 Å². The zero-order valence-electron chi connectivity index (χ0n) is 45.6. The van der Waals surface area contributed by atoms with E-state index in [4.69, 9.17) is 33.7 Å². The highest BCUT2D eigenvalue weighted by Crippen LogP contribution is 2.25. The van der Waals surface area contributed by atoms with Crippen molar-refractivity contribution in [1.29, 1.82) is 5.26 Å². The van der Waals surface area contributed by atoms with Gasteiger partial charge in [0.15, 0.2) is 0 Å². The minimum atomic E-state index is -0.539. The SMILES string of the molecule is CCCCCCCCCCCCOc1ccc(C(=O)Oc2ccc(OCCCCCCCCOc3ccc(C(=O)Oc4ccc(C=Nc5cccc(C(=O)Oc6ccc(N=Nc7ccc(C#N)cc7)cc6)c5)cc4)cc3)cc2)cc1. The van der Waals surface area contributed by atoms with Gasteiger partial charge in [-0.1, -0.05) is 96.5 Å². The van der Waals surface area contributed by atoms with Crippen molar-refractivity contribution in [2.24, 2.45) is 15.2 Å². The van der Waals surface area contributed by atoms with Crippen LogP contribution in [0.3, 0.4) is 0 Å². The lowest BCUT2D eigenvalue weighted by Gasteiger charge is -2.09. The van der Waals surface area contributed by atoms with Crippen LogP contribution in [0.1, 0.15) is 152 Å². The van der Waals surface area contributed by atoms with E-state index in [0.717, 1.165) is 62.0 Å². The molecule has 0 amide bonds. The molecular weight excluding hydrogens is 1000 g/mol. The van der Waals surface area contributed by atoms with Crippen LogP contribution in [0.4, 0.5) is 17.1 Å². The summed E-state index contributed by atoms with van der Waals surface area (Å²) in [5.74, 6) is 1.94. The molecule has 0 saturated heterocycles. The molecule has 0 aromatic heterocycles. The van der Waals surface area contributed by atoms with Gasteiger partial charge < -0.3 is 28.4 Å². The van der Waals surface area contributed by atoms with Crippen LogP contribution in [-0.2, 0) is 0 Å². The molecule has 0 N–H and O–H groups in total. The molecule has 0 aliphatic carbocycles. The Morgan fingerprint density at radius 2 is 0.762 bits per heavy atom. The molecule has 0 unspecified atom stereocenters. The number of hydrogen-bond acceptors (Lipinski definition) is 13. The zero-order valence-corrected chi connectivity index (χ0v) is 45.6. The van der Waals surface area contributed by atoms with Crippen LogP contribution in [0.5, 0.6) is 34.5 Å². The normalized spacial score (nSPS) is 11.1. The number of benzene rings is 7. The van der Waals surface area contributed by atoms with Crippen molar-refractivity contribution >= 4 is 41.2 Å². The molecule has 80 heavy (non-hydrogen) atoms. The van der Waals surface area contributed by atoms with E-state index in [-0.39, 0.29) is 0 Å². The monoisotopic (exact) mass is 1070 g/mol.